The first-order valence-electron chi connectivity index (χ1n) is 12.9. The van der Waals surface area contributed by atoms with Gasteiger partial charge in [0.2, 0.25) is 0 Å². The second-order valence-electron chi connectivity index (χ2n) is 9.82. The van der Waals surface area contributed by atoms with Crippen molar-refractivity contribution in [2.45, 2.75) is 32.1 Å². The molecule has 190 valence electrons. The molecule has 5 rings (SSSR count). The Labute approximate surface area is 251 Å². The molecule has 2 nitrogen and oxygen atoms in total. The van der Waals surface area contributed by atoms with E-state index >= 15 is 0 Å². The summed E-state index contributed by atoms with van der Waals surface area (Å²) in [4.78, 5) is 2.35. The molecule has 1 saturated heterocycles. The van der Waals surface area contributed by atoms with Crippen molar-refractivity contribution in [2.24, 2.45) is 5.92 Å². The van der Waals surface area contributed by atoms with Crippen LogP contribution in [-0.4, -0.2) is 45.7 Å². The van der Waals surface area contributed by atoms with Crippen LogP contribution in [-0.2, 0) is 48.6 Å². The molecule has 3 aromatic rings. The summed E-state index contributed by atoms with van der Waals surface area (Å²) in [7, 11) is 6.15. The average Bonchev–Trinajstić information content (AvgIpc) is 3.26. The van der Waals surface area contributed by atoms with Gasteiger partial charge in [-0.1, -0.05) is 66.1 Å². The summed E-state index contributed by atoms with van der Waals surface area (Å²) in [5.74, 6) is 1.42. The summed E-state index contributed by atoms with van der Waals surface area (Å²) in [5, 5.41) is 0. The fourth-order valence-corrected chi connectivity index (χ4v) is 5.53. The van der Waals surface area contributed by atoms with Crippen LogP contribution in [0.3, 0.4) is 0 Å². The van der Waals surface area contributed by atoms with Crippen molar-refractivity contribution in [3.8, 4) is 5.75 Å². The van der Waals surface area contributed by atoms with Crippen LogP contribution in [0.25, 0.3) is 11.1 Å². The number of halogens is 1. The first-order valence-corrected chi connectivity index (χ1v) is 12.9. The van der Waals surface area contributed by atoms with Gasteiger partial charge < -0.3 is 9.64 Å². The van der Waals surface area contributed by atoms with E-state index in [0.29, 0.717) is 18.9 Å². The third-order valence-corrected chi connectivity index (χ3v) is 7.30. The van der Waals surface area contributed by atoms with E-state index in [0.717, 1.165) is 56.5 Å². The van der Waals surface area contributed by atoms with Crippen molar-refractivity contribution in [1.29, 1.82) is 0 Å². The van der Waals surface area contributed by atoms with E-state index in [1.165, 1.54) is 33.4 Å². The Morgan fingerprint density at radius 1 is 0.919 bits per heavy atom. The van der Waals surface area contributed by atoms with Gasteiger partial charge >= 0.3 is 0 Å². The first kappa shape index (κ1) is 30.1. The molecule has 0 spiro atoms. The van der Waals surface area contributed by atoms with Crippen LogP contribution in [0.1, 0.15) is 47.9 Å². The van der Waals surface area contributed by atoms with Crippen LogP contribution in [0.2, 0.25) is 0 Å². The number of hydrogen-bond donors (Lipinski definition) is 0. The first-order chi connectivity index (χ1) is 17.2. The minimum Gasteiger partial charge on any atom is -0.493 e. The SMILES string of the molecule is [B]c1ccc2c(c1)CCCC(c1ccccc1)=C2c1ccc(OC[C@H]2CCN(CCCF)C2)cc1.[Mo].[Mo]. The number of rotatable bonds is 8. The van der Waals surface area contributed by atoms with E-state index in [2.05, 4.69) is 71.6 Å². The maximum atomic E-state index is 12.5. The van der Waals surface area contributed by atoms with Gasteiger partial charge in [-0.3, -0.25) is 4.39 Å². The number of allylic oxidation sites excluding steroid dienone is 1. The number of hydrogen-bond acceptors (Lipinski definition) is 2. The number of benzene rings is 3. The van der Waals surface area contributed by atoms with Crippen LogP contribution in [0, 0.1) is 5.92 Å². The Morgan fingerprint density at radius 3 is 2.46 bits per heavy atom. The fraction of sp³-hybridized carbons (Fsp3) is 0.355. The second-order valence-corrected chi connectivity index (χ2v) is 9.82. The zero-order chi connectivity index (χ0) is 24.0. The molecule has 1 heterocycles. The molecule has 1 atom stereocenters. The Morgan fingerprint density at radius 2 is 1.70 bits per heavy atom. The number of aryl methyl sites for hydroxylation is 1. The van der Waals surface area contributed by atoms with E-state index in [1.807, 2.05) is 6.07 Å². The Balaban J connectivity index is 0.00000190. The minimum atomic E-state index is -0.232. The monoisotopic (exact) mass is 661 g/mol. The summed E-state index contributed by atoms with van der Waals surface area (Å²) < 4.78 is 18.6. The Hall–Kier alpha value is -1.47. The smallest absolute Gasteiger partial charge is 0.119 e. The summed E-state index contributed by atoms with van der Waals surface area (Å²) in [6, 6.07) is 25.7. The molecule has 2 radical (unpaired) electrons. The predicted molar refractivity (Wildman–Crippen MR) is 144 cm³/mol. The third kappa shape index (κ3) is 7.56. The molecule has 1 aliphatic carbocycles. The van der Waals surface area contributed by atoms with Crippen LogP contribution >= 0.6 is 0 Å². The van der Waals surface area contributed by atoms with Crippen LogP contribution in [0.15, 0.2) is 72.8 Å². The molecular formula is C31H33BFMo2NO. The van der Waals surface area contributed by atoms with Crippen LogP contribution < -0.4 is 10.2 Å². The topological polar surface area (TPSA) is 12.5 Å². The van der Waals surface area contributed by atoms with Gasteiger partial charge in [-0.2, -0.15) is 0 Å². The molecule has 0 N–H and O–H groups in total. The Bertz CT molecular complexity index is 1170. The largest absolute Gasteiger partial charge is 0.493 e. The summed E-state index contributed by atoms with van der Waals surface area (Å²) in [6.45, 7) is 3.39. The summed E-state index contributed by atoms with van der Waals surface area (Å²) in [5.41, 5.74) is 8.61. The maximum Gasteiger partial charge on any atom is 0.119 e. The van der Waals surface area contributed by atoms with Crippen LogP contribution in [0.5, 0.6) is 5.75 Å². The van der Waals surface area contributed by atoms with Crippen molar-refractivity contribution in [1.82, 2.24) is 4.90 Å². The molecule has 0 bridgehead atoms. The van der Waals surface area contributed by atoms with E-state index in [-0.39, 0.29) is 48.8 Å². The molecule has 0 unspecified atom stereocenters. The molecule has 0 aromatic heterocycles. The van der Waals surface area contributed by atoms with E-state index in [1.54, 1.807) is 0 Å². The summed E-state index contributed by atoms with van der Waals surface area (Å²) >= 11 is 0. The molecule has 3 aromatic carbocycles. The number of nitrogens with zero attached hydrogens (tertiary/aromatic N) is 1. The van der Waals surface area contributed by atoms with Gasteiger partial charge in [0.05, 0.1) is 13.3 Å². The van der Waals surface area contributed by atoms with Crippen molar-refractivity contribution in [2.75, 3.05) is 32.9 Å². The van der Waals surface area contributed by atoms with E-state index in [9.17, 15) is 4.39 Å². The molecule has 2 aliphatic rings. The molecule has 1 fully saturated rings. The predicted octanol–water partition coefficient (Wildman–Crippen LogP) is 5.83. The molecule has 1 aliphatic heterocycles. The van der Waals surface area contributed by atoms with Gasteiger partial charge in [0.15, 0.2) is 0 Å². The quantitative estimate of drug-likeness (QED) is 0.283. The minimum absolute atomic E-state index is 0. The maximum absolute atomic E-state index is 12.5. The number of fused-ring (bicyclic) bond motifs is 1. The normalized spacial score (nSPS) is 17.4. The van der Waals surface area contributed by atoms with Crippen LogP contribution in [0.4, 0.5) is 4.39 Å². The van der Waals surface area contributed by atoms with Gasteiger partial charge in [-0.25, -0.2) is 0 Å². The number of ether oxygens (including phenoxy) is 1. The number of likely N-dealkylation sites (tertiary alicyclic amines) is 1. The number of alkyl halides is 1. The third-order valence-electron chi connectivity index (χ3n) is 7.30. The molecule has 0 saturated carbocycles. The molecule has 0 amide bonds. The van der Waals surface area contributed by atoms with Crippen molar-refractivity contribution in [3.05, 3.63) is 95.1 Å². The second kappa shape index (κ2) is 14.6. The van der Waals surface area contributed by atoms with Gasteiger partial charge in [0, 0.05) is 61.1 Å². The van der Waals surface area contributed by atoms with Crippen molar-refractivity contribution >= 4 is 24.5 Å². The van der Waals surface area contributed by atoms with Crippen molar-refractivity contribution < 1.29 is 51.3 Å². The van der Waals surface area contributed by atoms with Gasteiger partial charge in [-0.05, 0) is 84.2 Å². The fourth-order valence-electron chi connectivity index (χ4n) is 5.53. The average molecular weight is 657 g/mol. The van der Waals surface area contributed by atoms with E-state index in [4.69, 9.17) is 12.6 Å². The standard InChI is InChI=1S/C31H33BFNO.2Mo/c32-27-12-15-30-26(20-27)8-4-9-29(24-6-2-1-3-7-24)31(30)25-10-13-28(14-11-25)35-22-23-16-19-34(21-23)18-5-17-33;;/h1-3,6-7,10-15,20,23H,4-5,8-9,16-19,21-22H2;;/t23-;;/m0../s1. The van der Waals surface area contributed by atoms with Gasteiger partial charge in [-0.15, -0.1) is 0 Å². The van der Waals surface area contributed by atoms with E-state index < -0.39 is 0 Å². The summed E-state index contributed by atoms with van der Waals surface area (Å²) in [6.07, 6.45) is 4.93. The molecular weight excluding hydrogens is 624 g/mol. The zero-order valence-corrected chi connectivity index (χ0v) is 25.2. The van der Waals surface area contributed by atoms with Gasteiger partial charge in [0.25, 0.3) is 0 Å². The van der Waals surface area contributed by atoms with Gasteiger partial charge in [0.1, 0.15) is 13.6 Å². The van der Waals surface area contributed by atoms with Crippen molar-refractivity contribution in [3.63, 3.8) is 0 Å². The Kier molecular flexibility index (Phi) is 11.9. The zero-order valence-electron chi connectivity index (χ0n) is 21.2. The molecule has 6 heteroatoms. The molecule has 37 heavy (non-hydrogen) atoms.